The Bertz CT molecular complexity index is 519. The van der Waals surface area contributed by atoms with Crippen LogP contribution in [0, 0.1) is 0 Å². The smallest absolute Gasteiger partial charge is 0.250 e. The zero-order valence-electron chi connectivity index (χ0n) is 12.8. The number of rotatable bonds is 7. The van der Waals surface area contributed by atoms with Gasteiger partial charge in [0.05, 0.1) is 13.2 Å². The Hall–Kier alpha value is -1.92. The van der Waals surface area contributed by atoms with Crippen LogP contribution in [0.15, 0.2) is 24.3 Å². The Morgan fingerprint density at radius 1 is 1.32 bits per heavy atom. The summed E-state index contributed by atoms with van der Waals surface area (Å²) < 4.78 is 10.0. The largest absolute Gasteiger partial charge is 0.382 e. The van der Waals surface area contributed by atoms with Gasteiger partial charge in [-0.3, -0.25) is 9.59 Å². The van der Waals surface area contributed by atoms with Gasteiger partial charge in [0, 0.05) is 31.5 Å². The third-order valence-electron chi connectivity index (χ3n) is 3.43. The van der Waals surface area contributed by atoms with E-state index in [2.05, 4.69) is 5.32 Å². The molecular weight excluding hydrogens is 284 g/mol. The van der Waals surface area contributed by atoms with Crippen molar-refractivity contribution in [2.75, 3.05) is 43.7 Å². The van der Waals surface area contributed by atoms with Crippen LogP contribution in [0.3, 0.4) is 0 Å². The van der Waals surface area contributed by atoms with Gasteiger partial charge >= 0.3 is 0 Å². The lowest BCUT2D eigenvalue weighted by molar-refractivity contribution is -0.121. The topological polar surface area (TPSA) is 67.9 Å². The summed E-state index contributed by atoms with van der Waals surface area (Å²) in [7, 11) is 1.58. The first-order valence-electron chi connectivity index (χ1n) is 7.47. The summed E-state index contributed by atoms with van der Waals surface area (Å²) in [5.74, 6) is -0.0872. The van der Waals surface area contributed by atoms with Crippen molar-refractivity contribution in [1.29, 1.82) is 0 Å². The number of ether oxygens (including phenoxy) is 2. The van der Waals surface area contributed by atoms with Crippen LogP contribution in [-0.4, -0.2) is 45.3 Å². The highest BCUT2D eigenvalue weighted by atomic mass is 16.5. The first-order chi connectivity index (χ1) is 10.7. The molecule has 0 spiro atoms. The second kappa shape index (κ2) is 8.51. The van der Waals surface area contributed by atoms with E-state index in [-0.39, 0.29) is 18.4 Å². The van der Waals surface area contributed by atoms with Crippen LogP contribution in [0.1, 0.15) is 19.3 Å². The van der Waals surface area contributed by atoms with Gasteiger partial charge < -0.3 is 19.7 Å². The molecule has 0 radical (unpaired) electrons. The molecule has 0 saturated carbocycles. The standard InChI is InChI=1S/C16H22N2O4/c1-21-9-10-22-12-15(19)17-13-5-4-6-14(11-13)18-8-3-2-7-16(18)20/h4-6,11H,2-3,7-10,12H2,1H3,(H,17,19). The van der Waals surface area contributed by atoms with Gasteiger partial charge in [0.15, 0.2) is 0 Å². The molecule has 1 fully saturated rings. The average molecular weight is 306 g/mol. The molecule has 1 N–H and O–H groups in total. The minimum atomic E-state index is -0.224. The van der Waals surface area contributed by atoms with Crippen LogP contribution in [0.2, 0.25) is 0 Å². The molecule has 0 unspecified atom stereocenters. The SMILES string of the molecule is COCCOCC(=O)Nc1cccc(N2CCCCC2=O)c1. The van der Waals surface area contributed by atoms with Gasteiger partial charge in [-0.15, -0.1) is 0 Å². The number of nitrogens with zero attached hydrogens (tertiary/aromatic N) is 1. The maximum Gasteiger partial charge on any atom is 0.250 e. The first-order valence-corrected chi connectivity index (χ1v) is 7.47. The van der Waals surface area contributed by atoms with E-state index in [1.165, 1.54) is 0 Å². The maximum atomic E-state index is 11.9. The Morgan fingerprint density at radius 2 is 2.18 bits per heavy atom. The number of hydrogen-bond acceptors (Lipinski definition) is 4. The van der Waals surface area contributed by atoms with Crippen molar-refractivity contribution in [1.82, 2.24) is 0 Å². The Morgan fingerprint density at radius 3 is 2.95 bits per heavy atom. The fourth-order valence-corrected chi connectivity index (χ4v) is 2.33. The van der Waals surface area contributed by atoms with Crippen molar-refractivity contribution in [2.45, 2.75) is 19.3 Å². The zero-order chi connectivity index (χ0) is 15.8. The highest BCUT2D eigenvalue weighted by molar-refractivity contribution is 5.96. The molecule has 1 heterocycles. The van der Waals surface area contributed by atoms with Crippen LogP contribution in [-0.2, 0) is 19.1 Å². The molecule has 0 aromatic heterocycles. The molecule has 1 aliphatic rings. The summed E-state index contributed by atoms with van der Waals surface area (Å²) in [6, 6.07) is 7.33. The molecule has 6 nitrogen and oxygen atoms in total. The summed E-state index contributed by atoms with van der Waals surface area (Å²) in [6.45, 7) is 1.55. The lowest BCUT2D eigenvalue weighted by Gasteiger charge is -2.27. The molecule has 0 bridgehead atoms. The molecule has 120 valence electrons. The van der Waals surface area contributed by atoms with Crippen LogP contribution < -0.4 is 10.2 Å². The predicted octanol–water partition coefficient (Wildman–Crippen LogP) is 1.80. The molecule has 1 saturated heterocycles. The lowest BCUT2D eigenvalue weighted by Crippen LogP contribution is -2.35. The highest BCUT2D eigenvalue weighted by Crippen LogP contribution is 2.23. The molecule has 1 aromatic carbocycles. The quantitative estimate of drug-likeness (QED) is 0.780. The number of anilines is 2. The van der Waals surface area contributed by atoms with Crippen molar-refractivity contribution in [3.8, 4) is 0 Å². The summed E-state index contributed by atoms with van der Waals surface area (Å²) in [6.07, 6.45) is 2.55. The molecule has 0 aliphatic carbocycles. The van der Waals surface area contributed by atoms with Gasteiger partial charge in [-0.1, -0.05) is 6.07 Å². The second-order valence-electron chi connectivity index (χ2n) is 5.15. The lowest BCUT2D eigenvalue weighted by atomic mass is 10.1. The Labute approximate surface area is 130 Å². The molecule has 2 rings (SSSR count). The summed E-state index contributed by atoms with van der Waals surface area (Å²) in [5, 5.41) is 2.77. The third kappa shape index (κ3) is 4.82. The average Bonchev–Trinajstić information content (AvgIpc) is 2.52. The third-order valence-corrected chi connectivity index (χ3v) is 3.43. The normalized spacial score (nSPS) is 15.0. The minimum absolute atomic E-state index is 0.0176. The fourth-order valence-electron chi connectivity index (χ4n) is 2.33. The number of methoxy groups -OCH3 is 1. The summed E-state index contributed by atoms with van der Waals surface area (Å²) in [4.78, 5) is 25.5. The first kappa shape index (κ1) is 16.5. The van der Waals surface area contributed by atoms with E-state index in [1.54, 1.807) is 18.1 Å². The van der Waals surface area contributed by atoms with Gasteiger partial charge in [0.2, 0.25) is 11.8 Å². The van der Waals surface area contributed by atoms with Crippen molar-refractivity contribution in [2.24, 2.45) is 0 Å². The number of amides is 2. The number of piperidine rings is 1. The monoisotopic (exact) mass is 306 g/mol. The van der Waals surface area contributed by atoms with E-state index in [4.69, 9.17) is 9.47 Å². The summed E-state index contributed by atoms with van der Waals surface area (Å²) >= 11 is 0. The Kier molecular flexibility index (Phi) is 6.36. The predicted molar refractivity (Wildman–Crippen MR) is 84.0 cm³/mol. The van der Waals surface area contributed by atoms with E-state index in [0.29, 0.717) is 25.3 Å². The number of nitrogens with one attached hydrogen (secondary N) is 1. The number of benzene rings is 1. The fraction of sp³-hybridized carbons (Fsp3) is 0.500. The maximum absolute atomic E-state index is 11.9. The second-order valence-corrected chi connectivity index (χ2v) is 5.15. The molecular formula is C16H22N2O4. The van der Waals surface area contributed by atoms with Gasteiger partial charge in [0.1, 0.15) is 6.61 Å². The van der Waals surface area contributed by atoms with Gasteiger partial charge in [-0.05, 0) is 31.0 Å². The van der Waals surface area contributed by atoms with Crippen LogP contribution in [0.25, 0.3) is 0 Å². The number of hydrogen-bond donors (Lipinski definition) is 1. The van der Waals surface area contributed by atoms with Gasteiger partial charge in [0.25, 0.3) is 0 Å². The molecule has 6 heteroatoms. The Balaban J connectivity index is 1.90. The van der Waals surface area contributed by atoms with E-state index < -0.39 is 0 Å². The van der Waals surface area contributed by atoms with E-state index in [0.717, 1.165) is 25.1 Å². The number of carbonyl (C=O) groups is 2. The van der Waals surface area contributed by atoms with Gasteiger partial charge in [-0.2, -0.15) is 0 Å². The van der Waals surface area contributed by atoms with Crippen molar-refractivity contribution in [3.05, 3.63) is 24.3 Å². The number of carbonyl (C=O) groups excluding carboxylic acids is 2. The van der Waals surface area contributed by atoms with Crippen LogP contribution >= 0.6 is 0 Å². The molecule has 0 atom stereocenters. The van der Waals surface area contributed by atoms with Crippen LogP contribution in [0.4, 0.5) is 11.4 Å². The minimum Gasteiger partial charge on any atom is -0.382 e. The highest BCUT2D eigenvalue weighted by Gasteiger charge is 2.19. The van der Waals surface area contributed by atoms with Crippen molar-refractivity contribution < 1.29 is 19.1 Å². The molecule has 1 aliphatic heterocycles. The van der Waals surface area contributed by atoms with Crippen molar-refractivity contribution >= 4 is 23.2 Å². The van der Waals surface area contributed by atoms with E-state index in [9.17, 15) is 9.59 Å². The van der Waals surface area contributed by atoms with Gasteiger partial charge in [-0.25, -0.2) is 0 Å². The van der Waals surface area contributed by atoms with Crippen LogP contribution in [0.5, 0.6) is 0 Å². The summed E-state index contributed by atoms with van der Waals surface area (Å²) in [5.41, 5.74) is 1.49. The van der Waals surface area contributed by atoms with E-state index >= 15 is 0 Å². The van der Waals surface area contributed by atoms with Crippen molar-refractivity contribution in [3.63, 3.8) is 0 Å². The molecule has 1 aromatic rings. The zero-order valence-corrected chi connectivity index (χ0v) is 12.8. The molecule has 22 heavy (non-hydrogen) atoms. The van der Waals surface area contributed by atoms with E-state index in [1.807, 2.05) is 18.2 Å². The molecule has 2 amide bonds.